The monoisotopic (exact) mass is 262 g/mol. The first kappa shape index (κ1) is 14.3. The summed E-state index contributed by atoms with van der Waals surface area (Å²) in [5, 5.41) is 3.36. The van der Waals surface area contributed by atoms with Crippen molar-refractivity contribution in [3.63, 3.8) is 0 Å². The molecule has 1 aliphatic heterocycles. The van der Waals surface area contributed by atoms with Crippen molar-refractivity contribution in [3.8, 4) is 0 Å². The van der Waals surface area contributed by atoms with E-state index in [-0.39, 0.29) is 0 Å². The minimum Gasteiger partial charge on any atom is -0.341 e. The molecule has 0 saturated carbocycles. The maximum Gasteiger partial charge on any atom is 0.225 e. The van der Waals surface area contributed by atoms with Gasteiger partial charge in [-0.1, -0.05) is 6.92 Å². The van der Waals surface area contributed by atoms with E-state index in [1.807, 2.05) is 0 Å². The third kappa shape index (κ3) is 3.66. The summed E-state index contributed by atoms with van der Waals surface area (Å²) < 4.78 is 0. The molecule has 0 spiro atoms. The second-order valence-electron chi connectivity index (χ2n) is 5.32. The van der Waals surface area contributed by atoms with Crippen LogP contribution in [0.4, 0.5) is 5.95 Å². The molecule has 19 heavy (non-hydrogen) atoms. The third-order valence-electron chi connectivity index (χ3n) is 3.83. The quantitative estimate of drug-likeness (QED) is 0.798. The van der Waals surface area contributed by atoms with Crippen LogP contribution in [-0.2, 0) is 6.42 Å². The molecule has 4 heteroatoms. The van der Waals surface area contributed by atoms with Crippen molar-refractivity contribution >= 4 is 5.95 Å². The van der Waals surface area contributed by atoms with Crippen molar-refractivity contribution in [2.45, 2.75) is 46.5 Å². The fourth-order valence-electron chi connectivity index (χ4n) is 2.71. The molecule has 2 heterocycles. The van der Waals surface area contributed by atoms with E-state index in [0.29, 0.717) is 0 Å². The van der Waals surface area contributed by atoms with Crippen molar-refractivity contribution in [1.82, 2.24) is 15.3 Å². The summed E-state index contributed by atoms with van der Waals surface area (Å²) in [6, 6.07) is 0. The van der Waals surface area contributed by atoms with Gasteiger partial charge in [0, 0.05) is 24.5 Å². The summed E-state index contributed by atoms with van der Waals surface area (Å²) >= 11 is 0. The highest BCUT2D eigenvalue weighted by atomic mass is 15.3. The van der Waals surface area contributed by atoms with E-state index in [0.717, 1.165) is 56.4 Å². The first-order valence-electron chi connectivity index (χ1n) is 7.52. The van der Waals surface area contributed by atoms with Crippen molar-refractivity contribution in [2.24, 2.45) is 0 Å². The van der Waals surface area contributed by atoms with E-state index >= 15 is 0 Å². The summed E-state index contributed by atoms with van der Waals surface area (Å²) in [6.45, 7) is 10.7. The summed E-state index contributed by atoms with van der Waals surface area (Å²) in [5.74, 6) is 0.933. The Morgan fingerprint density at radius 3 is 2.32 bits per heavy atom. The van der Waals surface area contributed by atoms with Crippen molar-refractivity contribution in [3.05, 3.63) is 17.0 Å². The molecule has 0 amide bonds. The highest BCUT2D eigenvalue weighted by Crippen LogP contribution is 2.20. The number of hydrogen-bond donors (Lipinski definition) is 1. The van der Waals surface area contributed by atoms with E-state index in [1.54, 1.807) is 0 Å². The van der Waals surface area contributed by atoms with Crippen LogP contribution in [0.2, 0.25) is 0 Å². The molecule has 1 N–H and O–H groups in total. The predicted octanol–water partition coefficient (Wildman–Crippen LogP) is 2.24. The van der Waals surface area contributed by atoms with Crippen molar-refractivity contribution in [1.29, 1.82) is 0 Å². The topological polar surface area (TPSA) is 41.1 Å². The number of nitrogens with zero attached hydrogens (tertiary/aromatic N) is 3. The lowest BCUT2D eigenvalue weighted by atomic mass is 10.1. The Bertz CT molecular complexity index is 388. The van der Waals surface area contributed by atoms with Crippen LogP contribution in [0, 0.1) is 13.8 Å². The van der Waals surface area contributed by atoms with Crippen LogP contribution in [0.3, 0.4) is 0 Å². The zero-order valence-electron chi connectivity index (χ0n) is 12.5. The molecule has 1 aliphatic rings. The van der Waals surface area contributed by atoms with E-state index in [4.69, 9.17) is 9.97 Å². The fourth-order valence-corrected chi connectivity index (χ4v) is 2.71. The minimum absolute atomic E-state index is 0.933. The third-order valence-corrected chi connectivity index (χ3v) is 3.83. The van der Waals surface area contributed by atoms with Crippen LogP contribution in [0.5, 0.6) is 0 Å². The molecule has 0 bridgehead atoms. The molecule has 0 unspecified atom stereocenters. The van der Waals surface area contributed by atoms with Crippen molar-refractivity contribution < 1.29 is 0 Å². The van der Waals surface area contributed by atoms with Gasteiger partial charge in [0.25, 0.3) is 0 Å². The molecule has 0 atom stereocenters. The molecule has 0 aromatic carbocycles. The van der Waals surface area contributed by atoms with E-state index in [2.05, 4.69) is 31.0 Å². The van der Waals surface area contributed by atoms with Gasteiger partial charge in [-0.25, -0.2) is 9.97 Å². The zero-order valence-corrected chi connectivity index (χ0v) is 12.5. The molecular formula is C15H26N4. The van der Waals surface area contributed by atoms with Crippen molar-refractivity contribution in [2.75, 3.05) is 31.1 Å². The Balaban J connectivity index is 2.04. The number of aryl methyl sites for hydroxylation is 2. The van der Waals surface area contributed by atoms with Crippen LogP contribution >= 0.6 is 0 Å². The normalized spacial score (nSPS) is 15.2. The van der Waals surface area contributed by atoms with Gasteiger partial charge in [0.15, 0.2) is 0 Å². The lowest BCUT2D eigenvalue weighted by molar-refractivity contribution is 0.667. The second kappa shape index (κ2) is 6.85. The molecule has 1 aromatic heterocycles. The number of rotatable bonds is 6. The molecule has 4 nitrogen and oxygen atoms in total. The molecule has 106 valence electrons. The molecule has 2 rings (SSSR count). The van der Waals surface area contributed by atoms with Gasteiger partial charge in [0.1, 0.15) is 0 Å². The summed E-state index contributed by atoms with van der Waals surface area (Å²) in [5.41, 5.74) is 3.65. The lowest BCUT2D eigenvalue weighted by Gasteiger charge is -2.18. The summed E-state index contributed by atoms with van der Waals surface area (Å²) in [4.78, 5) is 11.7. The molecule has 1 fully saturated rings. The first-order chi connectivity index (χ1) is 9.22. The van der Waals surface area contributed by atoms with Gasteiger partial charge in [-0.2, -0.15) is 0 Å². The number of anilines is 1. The van der Waals surface area contributed by atoms with Crippen LogP contribution in [-0.4, -0.2) is 36.1 Å². The van der Waals surface area contributed by atoms with Gasteiger partial charge in [-0.05, 0) is 58.2 Å². The largest absolute Gasteiger partial charge is 0.341 e. The molecule has 1 aromatic rings. The van der Waals surface area contributed by atoms with Gasteiger partial charge in [-0.3, -0.25) is 0 Å². The Labute approximate surface area is 116 Å². The Morgan fingerprint density at radius 2 is 1.74 bits per heavy atom. The number of hydrogen-bond acceptors (Lipinski definition) is 4. The van der Waals surface area contributed by atoms with Crippen LogP contribution in [0.25, 0.3) is 0 Å². The van der Waals surface area contributed by atoms with E-state index < -0.39 is 0 Å². The Hall–Kier alpha value is -1.16. The minimum atomic E-state index is 0.933. The SMILES string of the molecule is CCNCCCc1c(C)nc(N2CCCC2)nc1C. The van der Waals surface area contributed by atoms with Gasteiger partial charge in [0.2, 0.25) is 5.95 Å². The highest BCUT2D eigenvalue weighted by molar-refractivity contribution is 5.37. The van der Waals surface area contributed by atoms with Crippen LogP contribution < -0.4 is 10.2 Å². The van der Waals surface area contributed by atoms with Gasteiger partial charge < -0.3 is 10.2 Å². The highest BCUT2D eigenvalue weighted by Gasteiger charge is 2.17. The van der Waals surface area contributed by atoms with E-state index in [1.165, 1.54) is 18.4 Å². The number of aromatic nitrogens is 2. The molecule has 1 saturated heterocycles. The van der Waals surface area contributed by atoms with Gasteiger partial charge >= 0.3 is 0 Å². The van der Waals surface area contributed by atoms with Crippen LogP contribution in [0.1, 0.15) is 43.1 Å². The fraction of sp³-hybridized carbons (Fsp3) is 0.733. The Morgan fingerprint density at radius 1 is 1.11 bits per heavy atom. The molecule has 0 aliphatic carbocycles. The van der Waals surface area contributed by atoms with Gasteiger partial charge in [0.05, 0.1) is 0 Å². The van der Waals surface area contributed by atoms with E-state index in [9.17, 15) is 0 Å². The van der Waals surface area contributed by atoms with Gasteiger partial charge in [-0.15, -0.1) is 0 Å². The maximum absolute atomic E-state index is 4.71. The second-order valence-corrected chi connectivity index (χ2v) is 5.32. The lowest BCUT2D eigenvalue weighted by Crippen LogP contribution is -2.22. The first-order valence-corrected chi connectivity index (χ1v) is 7.52. The average Bonchev–Trinajstić information content (AvgIpc) is 2.90. The standard InChI is InChI=1S/C15H26N4/c1-4-16-9-7-8-14-12(2)17-15(18-13(14)3)19-10-5-6-11-19/h16H,4-11H2,1-3H3. The average molecular weight is 262 g/mol. The summed E-state index contributed by atoms with van der Waals surface area (Å²) in [6.07, 6.45) is 4.77. The number of nitrogens with one attached hydrogen (secondary N) is 1. The Kier molecular flexibility index (Phi) is 5.14. The zero-order chi connectivity index (χ0) is 13.7. The molecular weight excluding hydrogens is 236 g/mol. The molecule has 0 radical (unpaired) electrons. The predicted molar refractivity (Wildman–Crippen MR) is 79.8 cm³/mol. The smallest absolute Gasteiger partial charge is 0.225 e. The summed E-state index contributed by atoms with van der Waals surface area (Å²) in [7, 11) is 0. The maximum atomic E-state index is 4.71. The van der Waals surface area contributed by atoms with Crippen LogP contribution in [0.15, 0.2) is 0 Å².